The van der Waals surface area contributed by atoms with E-state index in [1.54, 1.807) is 12.4 Å². The molecule has 21 heavy (non-hydrogen) atoms. The van der Waals surface area contributed by atoms with E-state index in [2.05, 4.69) is 9.97 Å². The molecule has 0 aliphatic rings. The predicted molar refractivity (Wildman–Crippen MR) is 82.3 cm³/mol. The fourth-order valence-corrected chi connectivity index (χ4v) is 2.62. The van der Waals surface area contributed by atoms with Gasteiger partial charge in [-0.1, -0.05) is 0 Å². The van der Waals surface area contributed by atoms with Crippen molar-refractivity contribution in [1.29, 1.82) is 0 Å². The molecule has 0 fully saturated rings. The van der Waals surface area contributed by atoms with Gasteiger partial charge in [0.05, 0.1) is 18.3 Å². The Morgan fingerprint density at radius 1 is 1.38 bits per heavy atom. The standard InChI is InChI=1S/C15H19N3O2S/c1-3-18(4-2)15(19)8-12-11-21-14(17-12)10-20-13-6-5-7-16-9-13/h5-7,9,11H,3-4,8,10H2,1-2H3. The molecule has 2 rings (SSSR count). The molecule has 2 aromatic rings. The van der Waals surface area contributed by atoms with E-state index >= 15 is 0 Å². The Labute approximate surface area is 128 Å². The zero-order chi connectivity index (χ0) is 15.1. The summed E-state index contributed by atoms with van der Waals surface area (Å²) < 4.78 is 5.59. The Balaban J connectivity index is 1.88. The van der Waals surface area contributed by atoms with Gasteiger partial charge in [0.2, 0.25) is 5.91 Å². The van der Waals surface area contributed by atoms with Gasteiger partial charge in [0.25, 0.3) is 0 Å². The first kappa shape index (κ1) is 15.4. The number of hydrogen-bond donors (Lipinski definition) is 0. The molecule has 112 valence electrons. The van der Waals surface area contributed by atoms with Gasteiger partial charge in [0.15, 0.2) is 0 Å². The molecule has 2 heterocycles. The molecule has 0 saturated heterocycles. The van der Waals surface area contributed by atoms with Crippen molar-refractivity contribution >= 4 is 17.2 Å². The summed E-state index contributed by atoms with van der Waals surface area (Å²) in [5.74, 6) is 0.832. The monoisotopic (exact) mass is 305 g/mol. The van der Waals surface area contributed by atoms with Gasteiger partial charge in [0, 0.05) is 24.7 Å². The molecule has 2 aromatic heterocycles. The van der Waals surface area contributed by atoms with Gasteiger partial charge >= 0.3 is 0 Å². The largest absolute Gasteiger partial charge is 0.485 e. The third-order valence-corrected chi connectivity index (χ3v) is 3.92. The molecule has 0 radical (unpaired) electrons. The van der Waals surface area contributed by atoms with Crippen molar-refractivity contribution in [3.8, 4) is 5.75 Å². The third-order valence-electron chi connectivity index (χ3n) is 3.04. The van der Waals surface area contributed by atoms with Crippen LogP contribution >= 0.6 is 11.3 Å². The second-order valence-corrected chi connectivity index (χ2v) is 5.40. The molecule has 1 amide bonds. The maximum Gasteiger partial charge on any atom is 0.228 e. The molecule has 0 unspecified atom stereocenters. The molecule has 0 bridgehead atoms. The summed E-state index contributed by atoms with van der Waals surface area (Å²) in [5, 5.41) is 2.78. The molecule has 0 N–H and O–H groups in total. The SMILES string of the molecule is CCN(CC)C(=O)Cc1csc(COc2cccnc2)n1. The fraction of sp³-hybridized carbons (Fsp3) is 0.400. The van der Waals surface area contributed by atoms with Crippen LogP contribution in [0.2, 0.25) is 0 Å². The van der Waals surface area contributed by atoms with Crippen molar-refractivity contribution < 1.29 is 9.53 Å². The Hall–Kier alpha value is -1.95. The van der Waals surface area contributed by atoms with E-state index in [1.165, 1.54) is 11.3 Å². The number of rotatable bonds is 7. The summed E-state index contributed by atoms with van der Waals surface area (Å²) in [6, 6.07) is 3.68. The summed E-state index contributed by atoms with van der Waals surface area (Å²) in [4.78, 5) is 22.3. The van der Waals surface area contributed by atoms with Gasteiger partial charge in [0.1, 0.15) is 17.4 Å². The summed E-state index contributed by atoms with van der Waals surface area (Å²) in [7, 11) is 0. The zero-order valence-corrected chi connectivity index (χ0v) is 13.1. The van der Waals surface area contributed by atoms with Crippen molar-refractivity contribution in [3.63, 3.8) is 0 Å². The molecular formula is C15H19N3O2S. The van der Waals surface area contributed by atoms with E-state index in [1.807, 2.05) is 36.3 Å². The summed E-state index contributed by atoms with van der Waals surface area (Å²) in [6.45, 7) is 5.83. The Morgan fingerprint density at radius 3 is 2.86 bits per heavy atom. The van der Waals surface area contributed by atoms with Gasteiger partial charge < -0.3 is 9.64 Å². The number of pyridine rings is 1. The summed E-state index contributed by atoms with van der Waals surface area (Å²) >= 11 is 1.51. The van der Waals surface area contributed by atoms with Crippen LogP contribution in [0.15, 0.2) is 29.9 Å². The highest BCUT2D eigenvalue weighted by Crippen LogP contribution is 2.15. The summed E-state index contributed by atoms with van der Waals surface area (Å²) in [5.41, 5.74) is 0.807. The second-order valence-electron chi connectivity index (χ2n) is 4.45. The van der Waals surface area contributed by atoms with E-state index < -0.39 is 0 Å². The number of amides is 1. The van der Waals surface area contributed by atoms with Crippen molar-refractivity contribution in [2.75, 3.05) is 13.1 Å². The number of aromatic nitrogens is 2. The van der Waals surface area contributed by atoms with Gasteiger partial charge in [-0.15, -0.1) is 11.3 Å². The van der Waals surface area contributed by atoms with E-state index in [0.717, 1.165) is 23.8 Å². The normalized spacial score (nSPS) is 10.4. The minimum Gasteiger partial charge on any atom is -0.485 e. The van der Waals surface area contributed by atoms with E-state index in [0.29, 0.717) is 18.8 Å². The Morgan fingerprint density at radius 2 is 2.19 bits per heavy atom. The molecule has 6 heteroatoms. The van der Waals surface area contributed by atoms with E-state index in [-0.39, 0.29) is 5.91 Å². The number of nitrogens with zero attached hydrogens (tertiary/aromatic N) is 3. The van der Waals surface area contributed by atoms with E-state index in [4.69, 9.17) is 4.74 Å². The van der Waals surface area contributed by atoms with E-state index in [9.17, 15) is 4.79 Å². The lowest BCUT2D eigenvalue weighted by Crippen LogP contribution is -2.31. The van der Waals surface area contributed by atoms with Crippen LogP contribution in [0, 0.1) is 0 Å². The molecule has 0 spiro atoms. The number of ether oxygens (including phenoxy) is 1. The van der Waals surface area contributed by atoms with Crippen LogP contribution in [-0.4, -0.2) is 33.9 Å². The summed E-state index contributed by atoms with van der Waals surface area (Å²) in [6.07, 6.45) is 3.72. The molecule has 0 saturated carbocycles. The molecule has 0 aliphatic heterocycles. The number of likely N-dealkylation sites (N-methyl/N-ethyl adjacent to an activating group) is 1. The lowest BCUT2D eigenvalue weighted by Gasteiger charge is -2.17. The average molecular weight is 305 g/mol. The van der Waals surface area contributed by atoms with Crippen molar-refractivity contribution in [2.24, 2.45) is 0 Å². The fourth-order valence-electron chi connectivity index (χ4n) is 1.92. The minimum absolute atomic E-state index is 0.116. The molecule has 0 aliphatic carbocycles. The topological polar surface area (TPSA) is 55.3 Å². The van der Waals surface area contributed by atoms with Crippen LogP contribution in [0.4, 0.5) is 0 Å². The quantitative estimate of drug-likeness (QED) is 0.789. The molecular weight excluding hydrogens is 286 g/mol. The first-order chi connectivity index (χ1) is 10.2. The van der Waals surface area contributed by atoms with Crippen LogP contribution in [0.5, 0.6) is 5.75 Å². The van der Waals surface area contributed by atoms with Crippen LogP contribution < -0.4 is 4.74 Å². The molecule has 0 atom stereocenters. The lowest BCUT2D eigenvalue weighted by molar-refractivity contribution is -0.130. The number of carbonyl (C=O) groups excluding carboxylic acids is 1. The van der Waals surface area contributed by atoms with Crippen LogP contribution in [0.25, 0.3) is 0 Å². The van der Waals surface area contributed by atoms with Crippen LogP contribution in [0.1, 0.15) is 24.5 Å². The van der Waals surface area contributed by atoms with Crippen LogP contribution in [0.3, 0.4) is 0 Å². The highest BCUT2D eigenvalue weighted by molar-refractivity contribution is 7.09. The van der Waals surface area contributed by atoms with Crippen molar-refractivity contribution in [1.82, 2.24) is 14.9 Å². The Kier molecular flexibility index (Phi) is 5.68. The van der Waals surface area contributed by atoms with Crippen molar-refractivity contribution in [3.05, 3.63) is 40.6 Å². The highest BCUT2D eigenvalue weighted by Gasteiger charge is 2.12. The minimum atomic E-state index is 0.116. The van der Waals surface area contributed by atoms with Gasteiger partial charge in [-0.05, 0) is 26.0 Å². The number of thiazole rings is 1. The Bertz CT molecular complexity index is 567. The maximum atomic E-state index is 12.0. The predicted octanol–water partition coefficient (Wildman–Crippen LogP) is 2.53. The van der Waals surface area contributed by atoms with Crippen LogP contribution in [-0.2, 0) is 17.8 Å². The molecule has 5 nitrogen and oxygen atoms in total. The van der Waals surface area contributed by atoms with Crippen molar-refractivity contribution in [2.45, 2.75) is 26.9 Å². The van der Waals surface area contributed by atoms with Gasteiger partial charge in [-0.25, -0.2) is 4.98 Å². The second kappa shape index (κ2) is 7.73. The first-order valence-electron chi connectivity index (χ1n) is 6.96. The third kappa shape index (κ3) is 4.53. The highest BCUT2D eigenvalue weighted by atomic mass is 32.1. The lowest BCUT2D eigenvalue weighted by atomic mass is 10.3. The first-order valence-corrected chi connectivity index (χ1v) is 7.84. The molecule has 0 aromatic carbocycles. The number of carbonyl (C=O) groups is 1. The zero-order valence-electron chi connectivity index (χ0n) is 12.3. The maximum absolute atomic E-state index is 12.0. The van der Waals surface area contributed by atoms with Gasteiger partial charge in [-0.3, -0.25) is 9.78 Å². The number of hydrogen-bond acceptors (Lipinski definition) is 5. The average Bonchev–Trinajstić information content (AvgIpc) is 2.95. The smallest absolute Gasteiger partial charge is 0.228 e. The van der Waals surface area contributed by atoms with Gasteiger partial charge in [-0.2, -0.15) is 0 Å².